The maximum atomic E-state index is 13.3. The number of hydrazone groups is 2. The molecule has 1 atom stereocenters. The summed E-state index contributed by atoms with van der Waals surface area (Å²) in [5, 5.41) is 45.7. The number of azo groups is 1. The molecule has 19 heteroatoms. The van der Waals surface area contributed by atoms with E-state index in [1.54, 1.807) is 43.3 Å². The molecule has 0 aliphatic carbocycles. The Morgan fingerprint density at radius 1 is 0.920 bits per heavy atom. The summed E-state index contributed by atoms with van der Waals surface area (Å²) in [7, 11) is -4.90. The predicted molar refractivity (Wildman–Crippen MR) is 182 cm³/mol. The largest absolute Gasteiger partial charge is 0.506 e. The Morgan fingerprint density at radius 3 is 2.06 bits per heavy atom. The van der Waals surface area contributed by atoms with E-state index in [0.717, 1.165) is 23.2 Å². The van der Waals surface area contributed by atoms with Crippen molar-refractivity contribution in [2.45, 2.75) is 31.2 Å². The molecule has 4 aromatic carbocycles. The van der Waals surface area contributed by atoms with Gasteiger partial charge in [0.15, 0.2) is 6.04 Å². The number of carbonyl (C=O) groups excluding carboxylic acids is 3. The minimum Gasteiger partial charge on any atom is -0.506 e. The summed E-state index contributed by atoms with van der Waals surface area (Å²) in [5.74, 6) is -1.47. The Morgan fingerprint density at radius 2 is 1.52 bits per heavy atom. The second-order valence-corrected chi connectivity index (χ2v) is 12.5. The van der Waals surface area contributed by atoms with Crippen molar-refractivity contribution in [3.63, 3.8) is 0 Å². The molecule has 1 unspecified atom stereocenters. The van der Waals surface area contributed by atoms with E-state index >= 15 is 0 Å². The molecule has 2 aliphatic heterocycles. The Kier molecular flexibility index (Phi) is 8.51. The molecule has 50 heavy (non-hydrogen) atoms. The molecular formula is C31H25N9O9S. The van der Waals surface area contributed by atoms with Crippen molar-refractivity contribution in [1.29, 1.82) is 0 Å². The van der Waals surface area contributed by atoms with Gasteiger partial charge in [-0.05, 0) is 68.4 Å². The van der Waals surface area contributed by atoms with Crippen molar-refractivity contribution < 1.29 is 37.4 Å². The van der Waals surface area contributed by atoms with Crippen LogP contribution in [-0.2, 0) is 19.7 Å². The molecule has 0 aromatic heterocycles. The second-order valence-electron chi connectivity index (χ2n) is 11.1. The molecule has 0 spiro atoms. The van der Waals surface area contributed by atoms with Gasteiger partial charge < -0.3 is 15.7 Å². The number of phenolic OH excluding ortho intramolecular Hbond substituents is 1. The zero-order chi connectivity index (χ0) is 35.9. The van der Waals surface area contributed by atoms with E-state index in [9.17, 15) is 42.6 Å². The maximum Gasteiger partial charge on any atom is 0.323 e. The van der Waals surface area contributed by atoms with E-state index in [0.29, 0.717) is 34.5 Å². The summed E-state index contributed by atoms with van der Waals surface area (Å²) in [6, 6.07) is 14.7. The van der Waals surface area contributed by atoms with Crippen LogP contribution in [0.15, 0.2) is 98.1 Å². The lowest BCUT2D eigenvalue weighted by atomic mass is 10.1. The van der Waals surface area contributed by atoms with Gasteiger partial charge in [0.05, 0.1) is 28.4 Å². The standard InChI is InChI=1S/C31H25N9O9S/c1-16-13-27(42)38(36-16)20-7-3-18(4-8-20)32-31(44)33-19-5-9-21(10-6-19)39-30(43)28(17(2)37-39)34-35-29-23-12-11-22(40(45)46)14-24(23)26(15-25(29)41)50(47,48)49/h3-12,14-15,28,41H,13H2,1-2H3,(H2,32,33,44)(H,47,48,49). The second kappa shape index (κ2) is 12.8. The van der Waals surface area contributed by atoms with Crippen LogP contribution in [0.2, 0.25) is 0 Å². The molecule has 4 N–H and O–H groups in total. The predicted octanol–water partition coefficient (Wildman–Crippen LogP) is 5.33. The number of carbonyl (C=O) groups is 3. The first kappa shape index (κ1) is 33.3. The van der Waals surface area contributed by atoms with E-state index in [1.165, 1.54) is 24.1 Å². The SMILES string of the molecule is CC1=NN(c2ccc(NC(=O)Nc3ccc(N4N=C(C)C(N=Nc5c(O)cc(S(=O)(=O)O)c6cc([N+](=O)[O-])ccc56)C4=O)cc3)cc2)C(=O)C1. The lowest BCUT2D eigenvalue weighted by Crippen LogP contribution is -2.29. The number of aromatic hydroxyl groups is 1. The van der Waals surface area contributed by atoms with E-state index < -0.39 is 49.4 Å². The molecule has 0 fully saturated rings. The third kappa shape index (κ3) is 6.57. The van der Waals surface area contributed by atoms with Gasteiger partial charge >= 0.3 is 6.03 Å². The molecule has 2 heterocycles. The highest BCUT2D eigenvalue weighted by Crippen LogP contribution is 2.41. The quantitative estimate of drug-likeness (QED) is 0.0801. The molecule has 0 radical (unpaired) electrons. The van der Waals surface area contributed by atoms with Crippen molar-refractivity contribution in [3.8, 4) is 5.75 Å². The zero-order valence-electron chi connectivity index (χ0n) is 26.0. The number of non-ortho nitro benzene ring substituents is 1. The van der Waals surface area contributed by atoms with Gasteiger partial charge in [0.2, 0.25) is 0 Å². The number of nitro benzene ring substituents is 1. The third-order valence-corrected chi connectivity index (χ3v) is 8.44. The van der Waals surface area contributed by atoms with Gasteiger partial charge in [-0.15, -0.1) is 0 Å². The lowest BCUT2D eigenvalue weighted by Gasteiger charge is -2.14. The highest BCUT2D eigenvalue weighted by atomic mass is 32.2. The summed E-state index contributed by atoms with van der Waals surface area (Å²) >= 11 is 0. The number of nitrogens with zero attached hydrogens (tertiary/aromatic N) is 7. The first-order chi connectivity index (χ1) is 23.7. The number of phenols is 1. The van der Waals surface area contributed by atoms with Crippen LogP contribution in [0.4, 0.5) is 38.9 Å². The first-order valence-corrected chi connectivity index (χ1v) is 16.0. The lowest BCUT2D eigenvalue weighted by molar-refractivity contribution is -0.384. The molecule has 0 saturated carbocycles. The van der Waals surface area contributed by atoms with Gasteiger partial charge in [0.1, 0.15) is 16.3 Å². The van der Waals surface area contributed by atoms with E-state index in [4.69, 9.17) is 0 Å². The van der Waals surface area contributed by atoms with Gasteiger partial charge in [-0.25, -0.2) is 9.80 Å². The minimum atomic E-state index is -4.90. The zero-order valence-corrected chi connectivity index (χ0v) is 26.8. The number of fused-ring (bicyclic) bond motifs is 1. The summed E-state index contributed by atoms with van der Waals surface area (Å²) in [6.45, 7) is 3.29. The Labute approximate surface area is 282 Å². The molecule has 2 aliphatic rings. The number of hydrogen-bond donors (Lipinski definition) is 4. The fourth-order valence-corrected chi connectivity index (χ4v) is 5.90. The third-order valence-electron chi connectivity index (χ3n) is 7.55. The average molecular weight is 700 g/mol. The van der Waals surface area contributed by atoms with E-state index in [2.05, 4.69) is 31.1 Å². The summed E-state index contributed by atoms with van der Waals surface area (Å²) in [6.07, 6.45) is 0.254. The number of urea groups is 1. The number of amides is 4. The molecule has 0 bridgehead atoms. The molecule has 4 aromatic rings. The van der Waals surface area contributed by atoms with Crippen LogP contribution < -0.4 is 20.7 Å². The normalized spacial score (nSPS) is 16.3. The molecule has 4 amide bonds. The number of anilines is 4. The van der Waals surface area contributed by atoms with Crippen molar-refractivity contribution in [3.05, 3.63) is 82.9 Å². The van der Waals surface area contributed by atoms with Gasteiger partial charge in [0.25, 0.3) is 27.6 Å². The number of rotatable bonds is 8. The topological polar surface area (TPSA) is 249 Å². The van der Waals surface area contributed by atoms with E-state index in [1.807, 2.05) is 0 Å². The molecule has 18 nitrogen and oxygen atoms in total. The number of hydrogen-bond acceptors (Lipinski definition) is 12. The molecule has 254 valence electrons. The van der Waals surface area contributed by atoms with Crippen LogP contribution in [0.25, 0.3) is 10.8 Å². The van der Waals surface area contributed by atoms with Crippen LogP contribution in [0.1, 0.15) is 20.3 Å². The number of benzene rings is 4. The van der Waals surface area contributed by atoms with Gasteiger partial charge in [-0.3, -0.25) is 24.3 Å². The fourth-order valence-electron chi connectivity index (χ4n) is 5.20. The van der Waals surface area contributed by atoms with Crippen molar-refractivity contribution in [2.75, 3.05) is 20.7 Å². The Balaban J connectivity index is 1.14. The van der Waals surface area contributed by atoms with Crippen LogP contribution in [0.5, 0.6) is 5.75 Å². The Hall–Kier alpha value is -6.60. The summed E-state index contributed by atoms with van der Waals surface area (Å²) in [5.41, 5.74) is 1.95. The highest BCUT2D eigenvalue weighted by molar-refractivity contribution is 7.86. The van der Waals surface area contributed by atoms with Crippen molar-refractivity contribution >= 4 is 84.3 Å². The summed E-state index contributed by atoms with van der Waals surface area (Å²) in [4.78, 5) is 47.7. The van der Waals surface area contributed by atoms with Gasteiger partial charge in [0, 0.05) is 46.1 Å². The van der Waals surface area contributed by atoms with Crippen molar-refractivity contribution in [1.82, 2.24) is 0 Å². The van der Waals surface area contributed by atoms with Gasteiger partial charge in [-0.2, -0.15) is 33.9 Å². The summed E-state index contributed by atoms with van der Waals surface area (Å²) < 4.78 is 33.5. The minimum absolute atomic E-state index is 0.0867. The van der Waals surface area contributed by atoms with Crippen molar-refractivity contribution in [2.24, 2.45) is 20.4 Å². The molecule has 6 rings (SSSR count). The average Bonchev–Trinajstić information content (AvgIpc) is 3.55. The maximum absolute atomic E-state index is 13.3. The van der Waals surface area contributed by atoms with Crippen LogP contribution in [0, 0.1) is 10.1 Å². The van der Waals surface area contributed by atoms with Crippen LogP contribution in [0.3, 0.4) is 0 Å². The smallest absolute Gasteiger partial charge is 0.323 e. The van der Waals surface area contributed by atoms with Gasteiger partial charge in [-0.1, -0.05) is 0 Å². The Bertz CT molecular complexity index is 2310. The monoisotopic (exact) mass is 699 g/mol. The molecular weight excluding hydrogens is 674 g/mol. The van der Waals surface area contributed by atoms with Crippen LogP contribution in [-0.4, -0.2) is 58.3 Å². The number of nitrogens with one attached hydrogen (secondary N) is 2. The first-order valence-electron chi connectivity index (χ1n) is 14.6. The highest BCUT2D eigenvalue weighted by Gasteiger charge is 2.35. The number of nitro groups is 1. The van der Waals surface area contributed by atoms with Crippen LogP contribution >= 0.6 is 0 Å². The van der Waals surface area contributed by atoms with E-state index in [-0.39, 0.29) is 34.5 Å². The fraction of sp³-hybridized carbons (Fsp3) is 0.129. The molecule has 0 saturated heterocycles.